The molecule has 3 N–H and O–H groups in total. The zero-order valence-electron chi connectivity index (χ0n) is 8.06. The van der Waals surface area contributed by atoms with Crippen molar-refractivity contribution in [2.75, 3.05) is 24.4 Å². The van der Waals surface area contributed by atoms with E-state index < -0.39 is 24.9 Å². The summed E-state index contributed by atoms with van der Waals surface area (Å²) in [6, 6.07) is 0. The third-order valence-electron chi connectivity index (χ3n) is 1.32. The zero-order chi connectivity index (χ0) is 11.2. The molecular formula is C6H16N2O4S2. The maximum Gasteiger partial charge on any atom is 0.226 e. The average Bonchev–Trinajstić information content (AvgIpc) is 1.93. The van der Waals surface area contributed by atoms with Crippen molar-refractivity contribution >= 4 is 19.9 Å². The Morgan fingerprint density at radius 2 is 1.71 bits per heavy atom. The topological polar surface area (TPSA) is 106 Å². The highest BCUT2D eigenvalue weighted by atomic mass is 32.3. The second-order valence-corrected chi connectivity index (χ2v) is 7.36. The van der Waals surface area contributed by atoms with Crippen LogP contribution in [0.2, 0.25) is 0 Å². The van der Waals surface area contributed by atoms with E-state index in [1.807, 2.05) is 0 Å². The van der Waals surface area contributed by atoms with Gasteiger partial charge in [-0.05, 0) is 19.4 Å². The summed E-state index contributed by atoms with van der Waals surface area (Å²) in [5.41, 5.74) is 5.21. The van der Waals surface area contributed by atoms with Crippen molar-refractivity contribution in [3.05, 3.63) is 0 Å². The fraction of sp³-hybridized carbons (Fsp3) is 1.00. The molecule has 0 aromatic heterocycles. The van der Waals surface area contributed by atoms with Crippen LogP contribution in [-0.2, 0) is 19.9 Å². The molecular weight excluding hydrogens is 228 g/mol. The Kier molecular flexibility index (Phi) is 5.57. The zero-order valence-corrected chi connectivity index (χ0v) is 9.70. The van der Waals surface area contributed by atoms with E-state index in [0.717, 1.165) is 6.26 Å². The van der Waals surface area contributed by atoms with E-state index in [2.05, 4.69) is 4.72 Å². The average molecular weight is 244 g/mol. The van der Waals surface area contributed by atoms with Gasteiger partial charge in [0.1, 0.15) is 0 Å². The first-order valence-electron chi connectivity index (χ1n) is 4.12. The van der Waals surface area contributed by atoms with Crippen molar-refractivity contribution in [3.8, 4) is 0 Å². The first kappa shape index (κ1) is 13.8. The smallest absolute Gasteiger partial charge is 0.226 e. The lowest BCUT2D eigenvalue weighted by Crippen LogP contribution is -2.30. The van der Waals surface area contributed by atoms with Crippen LogP contribution in [0.25, 0.3) is 0 Å². The number of sulfonamides is 1. The summed E-state index contributed by atoms with van der Waals surface area (Å²) in [6.07, 6.45) is 2.20. The molecule has 0 aromatic rings. The van der Waals surface area contributed by atoms with Crippen LogP contribution in [0, 0.1) is 0 Å². The monoisotopic (exact) mass is 244 g/mol. The van der Waals surface area contributed by atoms with Gasteiger partial charge in [0.25, 0.3) is 0 Å². The molecule has 14 heavy (non-hydrogen) atoms. The number of sulfone groups is 1. The molecule has 0 amide bonds. The SMILES string of the molecule is CS(=O)(=O)CS(=O)(=O)NCCCCN. The summed E-state index contributed by atoms with van der Waals surface area (Å²) in [6.45, 7) is 0.725. The highest BCUT2D eigenvalue weighted by molar-refractivity contribution is 8.06. The van der Waals surface area contributed by atoms with Crippen LogP contribution in [0.1, 0.15) is 12.8 Å². The molecule has 6 nitrogen and oxygen atoms in total. The number of hydrogen-bond donors (Lipinski definition) is 2. The highest BCUT2D eigenvalue weighted by Gasteiger charge is 2.16. The van der Waals surface area contributed by atoms with Crippen LogP contribution in [0.15, 0.2) is 0 Å². The largest absolute Gasteiger partial charge is 0.330 e. The molecule has 8 heteroatoms. The first-order chi connectivity index (χ1) is 6.27. The summed E-state index contributed by atoms with van der Waals surface area (Å²) in [7, 11) is -7.20. The fourth-order valence-corrected chi connectivity index (χ4v) is 3.86. The molecule has 0 heterocycles. The third kappa shape index (κ3) is 8.42. The number of rotatable bonds is 7. The van der Waals surface area contributed by atoms with Crippen LogP contribution in [0.5, 0.6) is 0 Å². The summed E-state index contributed by atoms with van der Waals surface area (Å²) in [4.78, 5) is 0. The minimum atomic E-state index is -3.70. The lowest BCUT2D eigenvalue weighted by atomic mass is 10.3. The minimum Gasteiger partial charge on any atom is -0.330 e. The predicted molar refractivity (Wildman–Crippen MR) is 54.9 cm³/mol. The molecule has 0 rings (SSSR count). The molecule has 0 spiro atoms. The van der Waals surface area contributed by atoms with Crippen LogP contribution in [0.4, 0.5) is 0 Å². The summed E-state index contributed by atoms with van der Waals surface area (Å²) >= 11 is 0. The molecule has 0 unspecified atom stereocenters. The molecule has 0 atom stereocenters. The van der Waals surface area contributed by atoms with Crippen molar-refractivity contribution in [2.45, 2.75) is 12.8 Å². The molecule has 86 valence electrons. The van der Waals surface area contributed by atoms with E-state index in [9.17, 15) is 16.8 Å². The number of nitrogens with two attached hydrogens (primary N) is 1. The first-order valence-corrected chi connectivity index (χ1v) is 7.83. The predicted octanol–water partition coefficient (Wildman–Crippen LogP) is -1.35. The lowest BCUT2D eigenvalue weighted by molar-refractivity contribution is 0.577. The Labute approximate surface area is 84.8 Å². The van der Waals surface area contributed by atoms with Crippen LogP contribution in [-0.4, -0.2) is 41.3 Å². The van der Waals surface area contributed by atoms with Crippen molar-refractivity contribution < 1.29 is 16.8 Å². The second-order valence-electron chi connectivity index (χ2n) is 3.05. The van der Waals surface area contributed by atoms with Gasteiger partial charge in [0.2, 0.25) is 10.0 Å². The van der Waals surface area contributed by atoms with Crippen LogP contribution in [0.3, 0.4) is 0 Å². The maximum atomic E-state index is 11.1. The number of nitrogens with one attached hydrogen (secondary N) is 1. The van der Waals surface area contributed by atoms with Crippen LogP contribution >= 0.6 is 0 Å². The van der Waals surface area contributed by atoms with Gasteiger partial charge in [-0.1, -0.05) is 0 Å². The van der Waals surface area contributed by atoms with Gasteiger partial charge < -0.3 is 5.73 Å². The Hall–Kier alpha value is -0.180. The Morgan fingerprint density at radius 3 is 2.14 bits per heavy atom. The quantitative estimate of drug-likeness (QED) is 0.538. The Morgan fingerprint density at radius 1 is 1.14 bits per heavy atom. The molecule has 0 aliphatic carbocycles. The summed E-state index contributed by atoms with van der Waals surface area (Å²) < 4.78 is 45.8. The maximum absolute atomic E-state index is 11.1. The van der Waals surface area contributed by atoms with Crippen molar-refractivity contribution in [1.82, 2.24) is 4.72 Å². The van der Waals surface area contributed by atoms with E-state index >= 15 is 0 Å². The fourth-order valence-electron chi connectivity index (χ4n) is 0.821. The van der Waals surface area contributed by atoms with Crippen molar-refractivity contribution in [3.63, 3.8) is 0 Å². The van der Waals surface area contributed by atoms with Gasteiger partial charge in [-0.25, -0.2) is 21.6 Å². The van der Waals surface area contributed by atoms with Gasteiger partial charge in [-0.15, -0.1) is 0 Å². The molecule has 0 aliphatic heterocycles. The molecule has 0 bridgehead atoms. The van der Waals surface area contributed by atoms with Crippen LogP contribution < -0.4 is 10.5 Å². The van der Waals surface area contributed by atoms with E-state index in [1.54, 1.807) is 0 Å². The summed E-state index contributed by atoms with van der Waals surface area (Å²) in [5.74, 6) is 0. The number of unbranched alkanes of at least 4 members (excludes halogenated alkanes) is 1. The van der Waals surface area contributed by atoms with Gasteiger partial charge >= 0.3 is 0 Å². The molecule has 0 saturated heterocycles. The van der Waals surface area contributed by atoms with Gasteiger partial charge in [0, 0.05) is 12.8 Å². The van der Waals surface area contributed by atoms with E-state index in [-0.39, 0.29) is 6.54 Å². The van der Waals surface area contributed by atoms with Gasteiger partial charge in [0.15, 0.2) is 14.9 Å². The van der Waals surface area contributed by atoms with Gasteiger partial charge in [0.05, 0.1) is 0 Å². The molecule has 0 radical (unpaired) electrons. The normalized spacial score (nSPS) is 13.0. The molecule has 0 saturated carbocycles. The molecule has 0 aromatic carbocycles. The van der Waals surface area contributed by atoms with Gasteiger partial charge in [-0.2, -0.15) is 0 Å². The van der Waals surface area contributed by atoms with E-state index in [0.29, 0.717) is 19.4 Å². The van der Waals surface area contributed by atoms with E-state index in [1.165, 1.54) is 0 Å². The standard InChI is InChI=1S/C6H16N2O4S2/c1-13(9,10)6-14(11,12)8-5-3-2-4-7/h8H,2-7H2,1H3. The highest BCUT2D eigenvalue weighted by Crippen LogP contribution is 1.93. The van der Waals surface area contributed by atoms with Crippen molar-refractivity contribution in [2.24, 2.45) is 5.73 Å². The Bertz CT molecular complexity index is 346. The van der Waals surface area contributed by atoms with Gasteiger partial charge in [-0.3, -0.25) is 0 Å². The third-order valence-corrected chi connectivity index (χ3v) is 4.92. The van der Waals surface area contributed by atoms with Crippen molar-refractivity contribution in [1.29, 1.82) is 0 Å². The van der Waals surface area contributed by atoms with E-state index in [4.69, 9.17) is 5.73 Å². The minimum absolute atomic E-state index is 0.231. The lowest BCUT2D eigenvalue weighted by Gasteiger charge is -2.04. The number of hydrogen-bond acceptors (Lipinski definition) is 5. The Balaban J connectivity index is 3.98. The summed E-state index contributed by atoms with van der Waals surface area (Å²) in [5, 5.41) is -0.859. The molecule has 0 aliphatic rings. The second kappa shape index (κ2) is 5.64. The molecule has 0 fully saturated rings.